The van der Waals surface area contributed by atoms with Gasteiger partial charge in [0.05, 0.1) is 29.0 Å². The first-order valence-electron chi connectivity index (χ1n) is 12.7. The van der Waals surface area contributed by atoms with Crippen molar-refractivity contribution < 1.29 is 23.5 Å². The number of nitrogens with one attached hydrogen (secondary N) is 2. The number of carbonyl (C=O) groups excluding carboxylic acids is 2. The number of halogens is 1. The normalized spacial score (nSPS) is 21.9. The van der Waals surface area contributed by atoms with E-state index in [-0.39, 0.29) is 23.5 Å². The van der Waals surface area contributed by atoms with Gasteiger partial charge in [-0.3, -0.25) is 10.1 Å². The molecule has 1 saturated carbocycles. The molecule has 2 aliphatic rings. The van der Waals surface area contributed by atoms with E-state index in [9.17, 15) is 14.0 Å². The molecular weight excluding hydrogens is 521 g/mol. The van der Waals surface area contributed by atoms with Crippen LogP contribution in [0.25, 0.3) is 21.9 Å². The molecule has 1 aliphatic carbocycles. The highest BCUT2D eigenvalue weighted by Crippen LogP contribution is 2.54. The molecule has 2 fully saturated rings. The number of H-pyrrole nitrogens is 1. The SMILES string of the molecule is Cc1ncc(Oc2nc(N3C[C@@H]4[C@H](C3)C4(N)C(N)=O)c3c(n2)[nH]c2c(NC(=O)OC(C)(C)C)cc(F)cc23)cn1. The molecule has 3 atom stereocenters. The van der Waals surface area contributed by atoms with E-state index in [0.717, 1.165) is 0 Å². The van der Waals surface area contributed by atoms with Gasteiger partial charge in [-0.05, 0) is 39.8 Å². The molecule has 0 spiro atoms. The Balaban J connectivity index is 1.46. The highest BCUT2D eigenvalue weighted by Gasteiger charge is 2.70. The first-order chi connectivity index (χ1) is 18.8. The number of hydrogen-bond donors (Lipinski definition) is 4. The number of nitrogens with two attached hydrogens (primary N) is 2. The molecule has 2 amide bonds. The van der Waals surface area contributed by atoms with Gasteiger partial charge in [0.2, 0.25) is 5.91 Å². The average Bonchev–Trinajstić information content (AvgIpc) is 3.18. The minimum absolute atomic E-state index is 0.00174. The first-order valence-corrected chi connectivity index (χ1v) is 12.7. The van der Waals surface area contributed by atoms with Crippen LogP contribution in [0.2, 0.25) is 0 Å². The van der Waals surface area contributed by atoms with E-state index in [0.29, 0.717) is 52.4 Å². The summed E-state index contributed by atoms with van der Waals surface area (Å²) in [6.45, 7) is 7.76. The van der Waals surface area contributed by atoms with Crippen molar-refractivity contribution in [3.63, 3.8) is 0 Å². The Morgan fingerprint density at radius 3 is 2.48 bits per heavy atom. The number of amides is 2. The number of hydrogen-bond acceptors (Lipinski definition) is 10. The van der Waals surface area contributed by atoms with Crippen molar-refractivity contribution in [2.75, 3.05) is 23.3 Å². The quantitative estimate of drug-likeness (QED) is 0.288. The molecule has 40 heavy (non-hydrogen) atoms. The standard InChI is InChI=1S/C26H28FN9O4/c1-11-30-7-13(8-31-11)39-23-34-20-18(21(35-23)36-9-15-16(10-36)26(15,29)22(28)37)14-5-12(27)6-17(19(14)33-20)32-24(38)40-25(2,3)4/h5-8,15-16H,9-10,29H2,1-4H3,(H2,28,37)(H,32,38)(H,33,34,35)/t15-,16+,26?. The smallest absolute Gasteiger partial charge is 0.412 e. The number of aryl methyl sites for hydroxylation is 1. The predicted molar refractivity (Wildman–Crippen MR) is 143 cm³/mol. The number of primary amides is 1. The van der Waals surface area contributed by atoms with Crippen LogP contribution in [0, 0.1) is 24.6 Å². The zero-order valence-corrected chi connectivity index (χ0v) is 22.3. The van der Waals surface area contributed by atoms with Crippen LogP contribution in [-0.4, -0.2) is 61.1 Å². The Kier molecular flexibility index (Phi) is 5.59. The van der Waals surface area contributed by atoms with Crippen LogP contribution in [0.4, 0.5) is 20.7 Å². The molecular formula is C26H28FN9O4. The van der Waals surface area contributed by atoms with Crippen molar-refractivity contribution in [1.29, 1.82) is 0 Å². The summed E-state index contributed by atoms with van der Waals surface area (Å²) < 4.78 is 26.1. The molecule has 1 saturated heterocycles. The number of anilines is 2. The van der Waals surface area contributed by atoms with Gasteiger partial charge in [-0.1, -0.05) is 0 Å². The van der Waals surface area contributed by atoms with Crippen LogP contribution in [-0.2, 0) is 9.53 Å². The molecule has 3 aromatic heterocycles. The van der Waals surface area contributed by atoms with Crippen molar-refractivity contribution in [1.82, 2.24) is 24.9 Å². The molecule has 1 aliphatic heterocycles. The summed E-state index contributed by atoms with van der Waals surface area (Å²) in [5.41, 5.74) is 10.9. The second kappa shape index (κ2) is 8.71. The molecule has 6 rings (SSSR count). The Morgan fingerprint density at radius 2 is 1.85 bits per heavy atom. The largest absolute Gasteiger partial charge is 0.444 e. The van der Waals surface area contributed by atoms with Gasteiger partial charge in [-0.2, -0.15) is 9.97 Å². The van der Waals surface area contributed by atoms with E-state index < -0.39 is 29.0 Å². The van der Waals surface area contributed by atoms with E-state index in [2.05, 4.69) is 30.2 Å². The van der Waals surface area contributed by atoms with E-state index in [1.807, 2.05) is 4.90 Å². The Morgan fingerprint density at radius 1 is 1.18 bits per heavy atom. The second-order valence-electron chi connectivity index (χ2n) is 11.2. The average molecular weight is 550 g/mol. The molecule has 0 bridgehead atoms. The zero-order valence-electron chi connectivity index (χ0n) is 22.3. The Labute approximate surface area is 227 Å². The van der Waals surface area contributed by atoms with Crippen LogP contribution >= 0.6 is 0 Å². The molecule has 4 aromatic rings. The minimum Gasteiger partial charge on any atom is -0.444 e. The van der Waals surface area contributed by atoms with Gasteiger partial charge in [-0.15, -0.1) is 0 Å². The number of rotatable bonds is 5. The van der Waals surface area contributed by atoms with Crippen molar-refractivity contribution in [2.24, 2.45) is 23.3 Å². The van der Waals surface area contributed by atoms with Crippen LogP contribution in [0.1, 0.15) is 26.6 Å². The van der Waals surface area contributed by atoms with E-state index in [1.54, 1.807) is 27.7 Å². The Hall–Kier alpha value is -4.59. The lowest BCUT2D eigenvalue weighted by Gasteiger charge is -2.24. The number of benzene rings is 1. The first kappa shape index (κ1) is 25.7. The fourth-order valence-electron chi connectivity index (χ4n) is 5.36. The number of fused-ring (bicyclic) bond motifs is 4. The number of piperidine rings is 1. The highest BCUT2D eigenvalue weighted by atomic mass is 19.1. The lowest BCUT2D eigenvalue weighted by molar-refractivity contribution is -0.120. The zero-order chi connectivity index (χ0) is 28.6. The van der Waals surface area contributed by atoms with Crippen molar-refractivity contribution in [3.05, 3.63) is 36.2 Å². The summed E-state index contributed by atoms with van der Waals surface area (Å²) >= 11 is 0. The maximum atomic E-state index is 14.9. The van der Waals surface area contributed by atoms with Gasteiger partial charge < -0.3 is 30.8 Å². The van der Waals surface area contributed by atoms with Crippen molar-refractivity contribution in [2.45, 2.75) is 38.8 Å². The topological polar surface area (TPSA) is 187 Å². The summed E-state index contributed by atoms with van der Waals surface area (Å²) in [4.78, 5) is 47.0. The second-order valence-corrected chi connectivity index (χ2v) is 11.2. The van der Waals surface area contributed by atoms with Gasteiger partial charge in [0.1, 0.15) is 34.2 Å². The third-order valence-corrected chi connectivity index (χ3v) is 7.25. The predicted octanol–water partition coefficient (Wildman–Crippen LogP) is 2.74. The molecule has 0 radical (unpaired) electrons. The fraction of sp³-hybridized carbons (Fsp3) is 0.385. The summed E-state index contributed by atoms with van der Waals surface area (Å²) in [6.07, 6.45) is 2.26. The van der Waals surface area contributed by atoms with Crippen molar-refractivity contribution in [3.8, 4) is 11.8 Å². The Bertz CT molecular complexity index is 1670. The molecule has 1 aromatic carbocycles. The number of aromatic amines is 1. The lowest BCUT2D eigenvalue weighted by atomic mass is 10.1. The van der Waals surface area contributed by atoms with Gasteiger partial charge in [0, 0.05) is 30.3 Å². The van der Waals surface area contributed by atoms with Crippen LogP contribution < -0.4 is 26.4 Å². The molecule has 1 unspecified atom stereocenters. The molecule has 6 N–H and O–H groups in total. The third-order valence-electron chi connectivity index (χ3n) is 7.25. The summed E-state index contributed by atoms with van der Waals surface area (Å²) in [7, 11) is 0. The van der Waals surface area contributed by atoms with Crippen LogP contribution in [0.5, 0.6) is 11.8 Å². The van der Waals surface area contributed by atoms with Gasteiger partial charge in [-0.25, -0.2) is 19.2 Å². The summed E-state index contributed by atoms with van der Waals surface area (Å²) in [6, 6.07) is 2.53. The number of nitrogens with zero attached hydrogens (tertiary/aromatic N) is 5. The minimum atomic E-state index is -1.06. The molecule has 14 heteroatoms. The maximum absolute atomic E-state index is 14.9. The summed E-state index contributed by atoms with van der Waals surface area (Å²) in [5, 5.41) is 3.57. The monoisotopic (exact) mass is 549 g/mol. The van der Waals surface area contributed by atoms with Crippen molar-refractivity contribution >= 4 is 45.4 Å². The van der Waals surface area contributed by atoms with Gasteiger partial charge in [0.15, 0.2) is 5.75 Å². The summed E-state index contributed by atoms with van der Waals surface area (Å²) in [5.74, 6) is -0.0566. The number of carbonyl (C=O) groups is 2. The number of aromatic nitrogens is 5. The van der Waals surface area contributed by atoms with E-state index in [1.165, 1.54) is 24.5 Å². The highest BCUT2D eigenvalue weighted by molar-refractivity contribution is 6.16. The molecule has 208 valence electrons. The lowest BCUT2D eigenvalue weighted by Crippen LogP contribution is -2.47. The van der Waals surface area contributed by atoms with Gasteiger partial charge in [0.25, 0.3) is 0 Å². The third kappa shape index (κ3) is 4.29. The molecule has 13 nitrogen and oxygen atoms in total. The van der Waals surface area contributed by atoms with Gasteiger partial charge >= 0.3 is 12.1 Å². The van der Waals surface area contributed by atoms with E-state index in [4.69, 9.17) is 20.9 Å². The van der Waals surface area contributed by atoms with Crippen LogP contribution in [0.3, 0.4) is 0 Å². The van der Waals surface area contributed by atoms with E-state index >= 15 is 0 Å². The number of ether oxygens (including phenoxy) is 2. The molecule has 4 heterocycles. The van der Waals surface area contributed by atoms with Crippen LogP contribution in [0.15, 0.2) is 24.5 Å². The fourth-order valence-corrected chi connectivity index (χ4v) is 5.36. The maximum Gasteiger partial charge on any atom is 0.412 e.